The van der Waals surface area contributed by atoms with Crippen LogP contribution in [0.3, 0.4) is 0 Å². The number of carbonyl (C=O) groups excluding carboxylic acids is 1. The van der Waals surface area contributed by atoms with Crippen molar-refractivity contribution in [3.05, 3.63) is 22.3 Å². The van der Waals surface area contributed by atoms with Crippen LogP contribution in [0.2, 0.25) is 0 Å². The lowest BCUT2D eigenvalue weighted by molar-refractivity contribution is -0.118. The first-order valence-corrected chi connectivity index (χ1v) is 6.88. The summed E-state index contributed by atoms with van der Waals surface area (Å²) in [6.07, 6.45) is 3.14. The Morgan fingerprint density at radius 2 is 2.33 bits per heavy atom. The smallest absolute Gasteiger partial charge is 0.235 e. The third-order valence-corrected chi connectivity index (χ3v) is 3.24. The second kappa shape index (κ2) is 6.80. The molecule has 0 bridgehead atoms. The van der Waals surface area contributed by atoms with E-state index in [1.807, 2.05) is 19.9 Å². The van der Waals surface area contributed by atoms with E-state index in [4.69, 9.17) is 18.0 Å². The molecule has 0 aliphatic heterocycles. The van der Waals surface area contributed by atoms with Crippen LogP contribution in [-0.4, -0.2) is 15.9 Å². The van der Waals surface area contributed by atoms with Gasteiger partial charge in [-0.05, 0) is 40.9 Å². The van der Waals surface area contributed by atoms with Gasteiger partial charge in [-0.25, -0.2) is 4.98 Å². The molecule has 1 atom stereocenters. The fourth-order valence-corrected chi connectivity index (χ4v) is 2.24. The standard InChI is InChI=1S/C12H16BrN3OS/c1-3-4-9(10(14)18)12(17)16-11-7(2)5-8(13)6-15-11/h5-6,9H,3-4H2,1-2H3,(H2,14,18)(H,15,16,17). The van der Waals surface area contributed by atoms with Gasteiger partial charge in [-0.3, -0.25) is 4.79 Å². The molecule has 18 heavy (non-hydrogen) atoms. The van der Waals surface area contributed by atoms with Gasteiger partial charge in [0.05, 0.1) is 10.9 Å². The van der Waals surface area contributed by atoms with E-state index in [1.165, 1.54) is 0 Å². The molecule has 1 rings (SSSR count). The molecule has 1 aromatic rings. The number of rotatable bonds is 5. The fourth-order valence-electron chi connectivity index (χ4n) is 1.57. The number of aryl methyl sites for hydroxylation is 1. The van der Waals surface area contributed by atoms with Crippen LogP contribution < -0.4 is 11.1 Å². The van der Waals surface area contributed by atoms with Crippen molar-refractivity contribution in [3.8, 4) is 0 Å². The third kappa shape index (κ3) is 4.03. The van der Waals surface area contributed by atoms with Gasteiger partial charge in [0.1, 0.15) is 5.82 Å². The van der Waals surface area contributed by atoms with Crippen molar-refractivity contribution in [2.45, 2.75) is 26.7 Å². The number of carbonyl (C=O) groups is 1. The van der Waals surface area contributed by atoms with Crippen molar-refractivity contribution in [2.24, 2.45) is 11.7 Å². The molecule has 6 heteroatoms. The zero-order valence-electron chi connectivity index (χ0n) is 10.4. The average molecular weight is 330 g/mol. The normalized spacial score (nSPS) is 11.9. The van der Waals surface area contributed by atoms with Crippen molar-refractivity contribution in [2.75, 3.05) is 5.32 Å². The first-order valence-electron chi connectivity index (χ1n) is 5.68. The quantitative estimate of drug-likeness (QED) is 0.815. The van der Waals surface area contributed by atoms with Crippen molar-refractivity contribution in [1.82, 2.24) is 4.98 Å². The van der Waals surface area contributed by atoms with Crippen molar-refractivity contribution in [1.29, 1.82) is 0 Å². The summed E-state index contributed by atoms with van der Waals surface area (Å²) in [5.74, 6) is -0.0855. The van der Waals surface area contributed by atoms with Crippen LogP contribution in [0.25, 0.3) is 0 Å². The molecular formula is C12H16BrN3OS. The lowest BCUT2D eigenvalue weighted by Crippen LogP contribution is -2.33. The van der Waals surface area contributed by atoms with E-state index in [0.717, 1.165) is 16.5 Å². The maximum Gasteiger partial charge on any atom is 0.235 e. The Labute approximate surface area is 120 Å². The van der Waals surface area contributed by atoms with Crippen molar-refractivity contribution < 1.29 is 4.79 Å². The molecule has 0 fully saturated rings. The largest absolute Gasteiger partial charge is 0.393 e. The van der Waals surface area contributed by atoms with Crippen LogP contribution in [0, 0.1) is 12.8 Å². The van der Waals surface area contributed by atoms with Crippen LogP contribution >= 0.6 is 28.1 Å². The second-order valence-electron chi connectivity index (χ2n) is 4.05. The summed E-state index contributed by atoms with van der Waals surface area (Å²) < 4.78 is 0.873. The molecule has 1 heterocycles. The van der Waals surface area contributed by atoms with Gasteiger partial charge in [0.2, 0.25) is 5.91 Å². The van der Waals surface area contributed by atoms with E-state index < -0.39 is 5.92 Å². The molecule has 0 saturated carbocycles. The van der Waals surface area contributed by atoms with Crippen LogP contribution in [0.4, 0.5) is 5.82 Å². The Hall–Kier alpha value is -1.01. The van der Waals surface area contributed by atoms with E-state index >= 15 is 0 Å². The number of pyridine rings is 1. The minimum Gasteiger partial charge on any atom is -0.393 e. The van der Waals surface area contributed by atoms with Gasteiger partial charge in [0.15, 0.2) is 0 Å². The van der Waals surface area contributed by atoms with Crippen LogP contribution in [0.1, 0.15) is 25.3 Å². The van der Waals surface area contributed by atoms with E-state index in [2.05, 4.69) is 26.2 Å². The number of halogens is 1. The highest BCUT2D eigenvalue weighted by Gasteiger charge is 2.21. The number of nitrogens with zero attached hydrogens (tertiary/aromatic N) is 1. The molecule has 3 N–H and O–H groups in total. The fraction of sp³-hybridized carbons (Fsp3) is 0.417. The Kier molecular flexibility index (Phi) is 5.68. The van der Waals surface area contributed by atoms with Gasteiger partial charge in [0.25, 0.3) is 0 Å². The number of anilines is 1. The Balaban J connectivity index is 2.82. The monoisotopic (exact) mass is 329 g/mol. The molecule has 0 aliphatic rings. The van der Waals surface area contributed by atoms with Crippen molar-refractivity contribution >= 4 is 44.9 Å². The number of thiocarbonyl (C=S) groups is 1. The lowest BCUT2D eigenvalue weighted by Gasteiger charge is -2.15. The molecular weight excluding hydrogens is 314 g/mol. The maximum absolute atomic E-state index is 12.1. The van der Waals surface area contributed by atoms with Gasteiger partial charge >= 0.3 is 0 Å². The molecule has 0 radical (unpaired) electrons. The third-order valence-electron chi connectivity index (χ3n) is 2.52. The molecule has 1 aromatic heterocycles. The summed E-state index contributed by atoms with van der Waals surface area (Å²) in [5.41, 5.74) is 6.47. The summed E-state index contributed by atoms with van der Waals surface area (Å²) in [7, 11) is 0. The zero-order chi connectivity index (χ0) is 13.7. The number of hydrogen-bond donors (Lipinski definition) is 2. The molecule has 0 aliphatic carbocycles. The summed E-state index contributed by atoms with van der Waals surface area (Å²) in [5, 5.41) is 2.77. The number of amides is 1. The predicted molar refractivity (Wildman–Crippen MR) is 80.5 cm³/mol. The van der Waals surface area contributed by atoms with Crippen molar-refractivity contribution in [3.63, 3.8) is 0 Å². The van der Waals surface area contributed by atoms with E-state index in [9.17, 15) is 4.79 Å². The Bertz CT molecular complexity index is 465. The minimum atomic E-state index is -0.435. The van der Waals surface area contributed by atoms with Gasteiger partial charge in [-0.15, -0.1) is 0 Å². The topological polar surface area (TPSA) is 68.0 Å². The highest BCUT2D eigenvalue weighted by molar-refractivity contribution is 9.10. The highest BCUT2D eigenvalue weighted by Crippen LogP contribution is 2.18. The maximum atomic E-state index is 12.1. The van der Waals surface area contributed by atoms with E-state index in [0.29, 0.717) is 12.2 Å². The number of hydrogen-bond acceptors (Lipinski definition) is 3. The SMILES string of the molecule is CCCC(C(=O)Nc1ncc(Br)cc1C)C(N)=S. The Morgan fingerprint density at radius 3 is 2.83 bits per heavy atom. The minimum absolute atomic E-state index is 0.192. The van der Waals surface area contributed by atoms with E-state index in [-0.39, 0.29) is 10.9 Å². The molecule has 0 saturated heterocycles. The molecule has 0 aromatic carbocycles. The summed E-state index contributed by atoms with van der Waals surface area (Å²) >= 11 is 8.24. The predicted octanol–water partition coefficient (Wildman–Crippen LogP) is 2.79. The summed E-state index contributed by atoms with van der Waals surface area (Å²) in [4.78, 5) is 16.4. The van der Waals surface area contributed by atoms with Gasteiger partial charge in [0, 0.05) is 10.7 Å². The van der Waals surface area contributed by atoms with Gasteiger partial charge < -0.3 is 11.1 Å². The molecule has 4 nitrogen and oxygen atoms in total. The van der Waals surface area contributed by atoms with Crippen LogP contribution in [0.15, 0.2) is 16.7 Å². The van der Waals surface area contributed by atoms with Crippen LogP contribution in [-0.2, 0) is 4.79 Å². The first-order chi connectivity index (χ1) is 8.45. The average Bonchev–Trinajstić information content (AvgIpc) is 2.29. The summed E-state index contributed by atoms with van der Waals surface area (Å²) in [6, 6.07) is 1.89. The number of aromatic nitrogens is 1. The molecule has 0 spiro atoms. The molecule has 1 amide bonds. The first kappa shape index (κ1) is 15.0. The van der Waals surface area contributed by atoms with E-state index in [1.54, 1.807) is 6.20 Å². The lowest BCUT2D eigenvalue weighted by atomic mass is 10.0. The number of nitrogens with two attached hydrogens (primary N) is 1. The second-order valence-corrected chi connectivity index (χ2v) is 5.44. The zero-order valence-corrected chi connectivity index (χ0v) is 12.8. The summed E-state index contributed by atoms with van der Waals surface area (Å²) in [6.45, 7) is 3.87. The molecule has 1 unspecified atom stereocenters. The Morgan fingerprint density at radius 1 is 1.67 bits per heavy atom. The van der Waals surface area contributed by atoms with Gasteiger partial charge in [-0.2, -0.15) is 0 Å². The van der Waals surface area contributed by atoms with Crippen LogP contribution in [0.5, 0.6) is 0 Å². The molecule has 98 valence electrons. The number of nitrogens with one attached hydrogen (secondary N) is 1. The van der Waals surface area contributed by atoms with Gasteiger partial charge in [-0.1, -0.05) is 25.6 Å². The highest BCUT2D eigenvalue weighted by atomic mass is 79.9.